The lowest BCUT2D eigenvalue weighted by atomic mass is 9.99. The van der Waals surface area contributed by atoms with Gasteiger partial charge in [-0.1, -0.05) is 18.5 Å². The third-order valence-electron chi connectivity index (χ3n) is 5.22. The average Bonchev–Trinajstić information content (AvgIpc) is 2.98. The van der Waals surface area contributed by atoms with Crippen LogP contribution in [0.2, 0.25) is 5.02 Å². The summed E-state index contributed by atoms with van der Waals surface area (Å²) in [6.45, 7) is 2.08. The van der Waals surface area contributed by atoms with Crippen LogP contribution < -0.4 is 10.0 Å². The zero-order chi connectivity index (χ0) is 17.5. The van der Waals surface area contributed by atoms with E-state index in [1.165, 1.54) is 6.26 Å². The van der Waals surface area contributed by atoms with Gasteiger partial charge in [-0.3, -0.25) is 4.79 Å². The van der Waals surface area contributed by atoms with Crippen molar-refractivity contribution in [3.8, 4) is 0 Å². The number of amides is 1. The van der Waals surface area contributed by atoms with Gasteiger partial charge < -0.3 is 5.32 Å². The van der Waals surface area contributed by atoms with Gasteiger partial charge in [0.1, 0.15) is 0 Å². The van der Waals surface area contributed by atoms with E-state index in [-0.39, 0.29) is 18.0 Å². The number of halogens is 1. The van der Waals surface area contributed by atoms with Crippen molar-refractivity contribution in [3.63, 3.8) is 0 Å². The van der Waals surface area contributed by atoms with Gasteiger partial charge in [-0.25, -0.2) is 13.1 Å². The van der Waals surface area contributed by atoms with Crippen molar-refractivity contribution in [3.05, 3.63) is 34.9 Å². The predicted molar refractivity (Wildman–Crippen MR) is 94.5 cm³/mol. The molecule has 1 aromatic carbocycles. The maximum Gasteiger partial charge on any atom is 0.251 e. The van der Waals surface area contributed by atoms with E-state index in [1.807, 2.05) is 0 Å². The SMILES string of the molecule is CCC(NC(=O)c1ccc(Cl)cc1)C1[C@H]2CC(NS(C)(=O)=O)C[C@@H]12. The molecule has 0 radical (unpaired) electrons. The maximum atomic E-state index is 12.4. The van der Waals surface area contributed by atoms with Gasteiger partial charge in [0, 0.05) is 22.7 Å². The number of fused-ring (bicyclic) bond motifs is 1. The molecule has 0 aromatic heterocycles. The highest BCUT2D eigenvalue weighted by molar-refractivity contribution is 7.88. The molecule has 24 heavy (non-hydrogen) atoms. The van der Waals surface area contributed by atoms with E-state index in [2.05, 4.69) is 17.0 Å². The fraction of sp³-hybridized carbons (Fsp3) is 0.588. The van der Waals surface area contributed by atoms with Gasteiger partial charge in [0.15, 0.2) is 0 Å². The van der Waals surface area contributed by atoms with Crippen molar-refractivity contribution in [2.24, 2.45) is 17.8 Å². The predicted octanol–water partition coefficient (Wildman–Crippen LogP) is 2.42. The number of rotatable bonds is 6. The van der Waals surface area contributed by atoms with E-state index < -0.39 is 10.0 Å². The van der Waals surface area contributed by atoms with E-state index in [0.717, 1.165) is 19.3 Å². The van der Waals surface area contributed by atoms with Crippen LogP contribution in [-0.4, -0.2) is 32.7 Å². The van der Waals surface area contributed by atoms with Crippen LogP contribution in [0.5, 0.6) is 0 Å². The fourth-order valence-corrected chi connectivity index (χ4v) is 5.13. The Bertz CT molecular complexity index is 708. The number of benzene rings is 1. The largest absolute Gasteiger partial charge is 0.349 e. The molecular weight excluding hydrogens is 348 g/mol. The van der Waals surface area contributed by atoms with Crippen molar-refractivity contribution >= 4 is 27.5 Å². The van der Waals surface area contributed by atoms with Crippen molar-refractivity contribution < 1.29 is 13.2 Å². The Morgan fingerprint density at radius 3 is 2.33 bits per heavy atom. The summed E-state index contributed by atoms with van der Waals surface area (Å²) in [5, 5.41) is 3.75. The molecule has 0 aliphatic heterocycles. The monoisotopic (exact) mass is 370 g/mol. The van der Waals surface area contributed by atoms with Crippen LogP contribution in [0.25, 0.3) is 0 Å². The minimum Gasteiger partial charge on any atom is -0.349 e. The van der Waals surface area contributed by atoms with Gasteiger partial charge in [-0.2, -0.15) is 0 Å². The quantitative estimate of drug-likeness (QED) is 0.807. The summed E-state index contributed by atoms with van der Waals surface area (Å²) in [5.74, 6) is 1.41. The minimum absolute atomic E-state index is 0.0516. The molecule has 5 atom stereocenters. The Morgan fingerprint density at radius 1 is 1.25 bits per heavy atom. The summed E-state index contributed by atoms with van der Waals surface area (Å²) in [7, 11) is -3.14. The number of hydrogen-bond acceptors (Lipinski definition) is 3. The molecule has 1 amide bonds. The molecule has 132 valence electrons. The first-order valence-corrected chi connectivity index (χ1v) is 10.6. The van der Waals surface area contributed by atoms with E-state index in [4.69, 9.17) is 11.6 Å². The normalized spacial score (nSPS) is 29.8. The van der Waals surface area contributed by atoms with Crippen LogP contribution in [-0.2, 0) is 10.0 Å². The number of carbonyl (C=O) groups excluding carboxylic acids is 1. The number of nitrogens with one attached hydrogen (secondary N) is 2. The van der Waals surface area contributed by atoms with Crippen molar-refractivity contribution in [2.45, 2.75) is 38.3 Å². The van der Waals surface area contributed by atoms with E-state index >= 15 is 0 Å². The van der Waals surface area contributed by atoms with Crippen LogP contribution in [0, 0.1) is 17.8 Å². The van der Waals surface area contributed by atoms with Crippen LogP contribution in [0.1, 0.15) is 36.5 Å². The Morgan fingerprint density at radius 2 is 1.83 bits per heavy atom. The second kappa shape index (κ2) is 6.65. The zero-order valence-corrected chi connectivity index (χ0v) is 15.4. The summed E-state index contributed by atoms with van der Waals surface area (Å²) in [6.07, 6.45) is 3.82. The Labute approximate surface area is 148 Å². The fourth-order valence-electron chi connectivity index (χ4n) is 4.21. The first-order chi connectivity index (χ1) is 11.3. The average molecular weight is 371 g/mol. The first kappa shape index (κ1) is 17.7. The Kier molecular flexibility index (Phi) is 4.91. The molecule has 0 spiro atoms. The lowest BCUT2D eigenvalue weighted by Gasteiger charge is -2.21. The van der Waals surface area contributed by atoms with E-state index in [9.17, 15) is 13.2 Å². The molecule has 2 fully saturated rings. The molecule has 0 bridgehead atoms. The summed E-state index contributed by atoms with van der Waals surface area (Å²) < 4.78 is 25.4. The molecule has 2 aliphatic rings. The molecule has 7 heteroatoms. The molecule has 2 N–H and O–H groups in total. The van der Waals surface area contributed by atoms with Crippen LogP contribution in [0.15, 0.2) is 24.3 Å². The van der Waals surface area contributed by atoms with Gasteiger partial charge in [0.05, 0.1) is 6.26 Å². The maximum absolute atomic E-state index is 12.4. The molecule has 1 aromatic rings. The van der Waals surface area contributed by atoms with E-state index in [0.29, 0.717) is 28.3 Å². The van der Waals surface area contributed by atoms with Crippen molar-refractivity contribution in [2.75, 3.05) is 6.26 Å². The van der Waals surface area contributed by atoms with Gasteiger partial charge in [0.2, 0.25) is 10.0 Å². The number of hydrogen-bond donors (Lipinski definition) is 2. The van der Waals surface area contributed by atoms with E-state index in [1.54, 1.807) is 24.3 Å². The van der Waals surface area contributed by atoms with Gasteiger partial charge in [-0.05, 0) is 61.3 Å². The first-order valence-electron chi connectivity index (χ1n) is 8.32. The molecule has 2 saturated carbocycles. The topological polar surface area (TPSA) is 75.3 Å². The number of carbonyl (C=O) groups is 1. The summed E-state index contributed by atoms with van der Waals surface area (Å²) >= 11 is 5.85. The molecule has 0 saturated heterocycles. The lowest BCUT2D eigenvalue weighted by molar-refractivity contribution is 0.0927. The van der Waals surface area contributed by atoms with Crippen LogP contribution in [0.3, 0.4) is 0 Å². The standard InChI is InChI=1S/C17H23ClN2O3S/c1-3-15(19-17(21)10-4-6-11(18)7-5-10)16-13-8-12(9-14(13)16)20-24(2,22)23/h4-7,12-16,20H,3,8-9H2,1-2H3,(H,19,21)/t12?,13-,14+,15?,16?. The van der Waals surface area contributed by atoms with Crippen LogP contribution >= 0.6 is 11.6 Å². The second-order valence-electron chi connectivity index (χ2n) is 6.96. The lowest BCUT2D eigenvalue weighted by Crippen LogP contribution is -2.39. The third-order valence-corrected chi connectivity index (χ3v) is 6.23. The Hall–Kier alpha value is -1.11. The molecule has 2 aliphatic carbocycles. The number of sulfonamides is 1. The highest BCUT2D eigenvalue weighted by atomic mass is 35.5. The van der Waals surface area contributed by atoms with Crippen molar-refractivity contribution in [1.29, 1.82) is 0 Å². The van der Waals surface area contributed by atoms with Crippen molar-refractivity contribution in [1.82, 2.24) is 10.0 Å². The van der Waals surface area contributed by atoms with Gasteiger partial charge >= 0.3 is 0 Å². The molecule has 3 unspecified atom stereocenters. The highest BCUT2D eigenvalue weighted by Gasteiger charge is 2.58. The minimum atomic E-state index is -3.14. The molecule has 5 nitrogen and oxygen atoms in total. The third kappa shape index (κ3) is 3.92. The highest BCUT2D eigenvalue weighted by Crippen LogP contribution is 2.59. The zero-order valence-electron chi connectivity index (χ0n) is 13.8. The molecule has 3 rings (SSSR count). The second-order valence-corrected chi connectivity index (χ2v) is 9.17. The summed E-state index contributed by atoms with van der Waals surface area (Å²) in [6, 6.07) is 7.07. The molecular formula is C17H23ClN2O3S. The van der Waals surface area contributed by atoms with Gasteiger partial charge in [-0.15, -0.1) is 0 Å². The summed E-state index contributed by atoms with van der Waals surface area (Å²) in [5.41, 5.74) is 0.611. The van der Waals surface area contributed by atoms with Gasteiger partial charge in [0.25, 0.3) is 5.91 Å². The summed E-state index contributed by atoms with van der Waals surface area (Å²) in [4.78, 5) is 12.4. The molecule has 0 heterocycles. The Balaban J connectivity index is 1.56. The smallest absolute Gasteiger partial charge is 0.251 e. The van der Waals surface area contributed by atoms with Crippen LogP contribution in [0.4, 0.5) is 0 Å².